The Morgan fingerprint density at radius 2 is 1.48 bits per heavy atom. The average Bonchev–Trinajstić information content (AvgIpc) is 2.63. The van der Waals surface area contributed by atoms with Crippen LogP contribution in [0.3, 0.4) is 0 Å². The molecule has 3 rings (SSSR count). The van der Waals surface area contributed by atoms with E-state index in [-0.39, 0.29) is 18.3 Å². The number of rotatable bonds is 5. The topological polar surface area (TPSA) is 26.3 Å². The maximum atomic E-state index is 12.6. The molecule has 0 saturated carbocycles. The zero-order valence-corrected chi connectivity index (χ0v) is 14.7. The molecule has 0 bridgehead atoms. The molecule has 3 aromatic carbocycles. The van der Waals surface area contributed by atoms with Gasteiger partial charge in [0.15, 0.2) is 0 Å². The molecule has 0 aromatic heterocycles. The van der Waals surface area contributed by atoms with E-state index in [0.717, 1.165) is 16.7 Å². The van der Waals surface area contributed by atoms with Gasteiger partial charge in [0.2, 0.25) is 0 Å². The molecular weight excluding hydrogens is 332 g/mol. The molecule has 0 saturated heterocycles. The van der Waals surface area contributed by atoms with Gasteiger partial charge in [-0.25, -0.2) is 0 Å². The van der Waals surface area contributed by atoms with Crippen molar-refractivity contribution in [2.75, 3.05) is 0 Å². The van der Waals surface area contributed by atoms with Gasteiger partial charge in [0, 0.05) is 10.9 Å². The lowest BCUT2D eigenvalue weighted by molar-refractivity contribution is -0.134. The highest BCUT2D eigenvalue weighted by Gasteiger charge is 2.19. The summed E-state index contributed by atoms with van der Waals surface area (Å²) in [7, 11) is 0. The van der Waals surface area contributed by atoms with E-state index in [4.69, 9.17) is 16.3 Å². The average molecular weight is 351 g/mol. The number of benzene rings is 3. The maximum Gasteiger partial charge on any atom is 0.312 e. The minimum Gasteiger partial charge on any atom is -0.426 e. The van der Waals surface area contributed by atoms with Crippen LogP contribution in [0.5, 0.6) is 5.75 Å². The highest BCUT2D eigenvalue weighted by molar-refractivity contribution is 6.30. The highest BCUT2D eigenvalue weighted by atomic mass is 35.5. The van der Waals surface area contributed by atoms with Gasteiger partial charge >= 0.3 is 5.97 Å². The Morgan fingerprint density at radius 3 is 2.00 bits per heavy atom. The minimum absolute atomic E-state index is 0.0393. The number of halogens is 1. The number of hydrogen-bond donors (Lipinski definition) is 0. The molecule has 126 valence electrons. The fraction of sp³-hybridized carbons (Fsp3) is 0.136. The third-order valence-electron chi connectivity index (χ3n) is 4.14. The Morgan fingerprint density at radius 1 is 0.920 bits per heavy atom. The molecule has 0 aliphatic heterocycles. The monoisotopic (exact) mass is 350 g/mol. The third-order valence-corrected chi connectivity index (χ3v) is 4.37. The summed E-state index contributed by atoms with van der Waals surface area (Å²) in [6, 6.07) is 25.3. The number of carbonyl (C=O) groups excluding carboxylic acids is 1. The summed E-state index contributed by atoms with van der Waals surface area (Å²) in [6.07, 6.45) is 0.274. The second-order valence-electron chi connectivity index (χ2n) is 5.96. The van der Waals surface area contributed by atoms with Gasteiger partial charge < -0.3 is 4.74 Å². The van der Waals surface area contributed by atoms with E-state index in [0.29, 0.717) is 10.8 Å². The van der Waals surface area contributed by atoms with E-state index in [2.05, 4.69) is 0 Å². The second kappa shape index (κ2) is 8.00. The Bertz CT molecular complexity index is 805. The predicted molar refractivity (Wildman–Crippen MR) is 101 cm³/mol. The molecule has 0 spiro atoms. The van der Waals surface area contributed by atoms with Crippen molar-refractivity contribution in [3.05, 3.63) is 101 Å². The molecule has 0 atom stereocenters. The van der Waals surface area contributed by atoms with Crippen LogP contribution in [0.2, 0.25) is 5.02 Å². The molecule has 0 aliphatic carbocycles. The molecule has 2 nitrogen and oxygen atoms in total. The van der Waals surface area contributed by atoms with Crippen molar-refractivity contribution in [1.29, 1.82) is 0 Å². The zero-order valence-electron chi connectivity index (χ0n) is 14.0. The summed E-state index contributed by atoms with van der Waals surface area (Å²) in [5.41, 5.74) is 3.04. The maximum absolute atomic E-state index is 12.6. The van der Waals surface area contributed by atoms with Gasteiger partial charge in [-0.2, -0.15) is 0 Å². The van der Waals surface area contributed by atoms with Gasteiger partial charge in [0.25, 0.3) is 0 Å². The molecular formula is C22H19ClO2. The third kappa shape index (κ3) is 4.49. The predicted octanol–water partition coefficient (Wildman–Crippen LogP) is 5.78. The quantitative estimate of drug-likeness (QED) is 0.431. The van der Waals surface area contributed by atoms with Crippen molar-refractivity contribution < 1.29 is 9.53 Å². The summed E-state index contributed by atoms with van der Waals surface area (Å²) < 4.78 is 5.58. The molecule has 0 unspecified atom stereocenters. The number of esters is 1. The number of ether oxygens (including phenoxy) is 1. The largest absolute Gasteiger partial charge is 0.426 e. The van der Waals surface area contributed by atoms with Gasteiger partial charge in [0.05, 0.1) is 6.42 Å². The van der Waals surface area contributed by atoms with Gasteiger partial charge in [-0.3, -0.25) is 4.79 Å². The summed E-state index contributed by atoms with van der Waals surface area (Å²) in [6.45, 7) is 1.88. The Labute approximate surface area is 153 Å². The molecule has 3 aromatic rings. The smallest absolute Gasteiger partial charge is 0.312 e. The van der Waals surface area contributed by atoms with Crippen LogP contribution in [-0.4, -0.2) is 5.97 Å². The van der Waals surface area contributed by atoms with E-state index in [9.17, 15) is 4.79 Å². The van der Waals surface area contributed by atoms with E-state index in [1.54, 1.807) is 18.2 Å². The van der Waals surface area contributed by atoms with Crippen LogP contribution < -0.4 is 4.74 Å². The van der Waals surface area contributed by atoms with Crippen LogP contribution in [0, 0.1) is 6.92 Å². The van der Waals surface area contributed by atoms with Crippen LogP contribution in [0.1, 0.15) is 29.0 Å². The summed E-state index contributed by atoms with van der Waals surface area (Å²) in [4.78, 5) is 12.6. The SMILES string of the molecule is Cc1cc(Cl)ccc1OC(=O)CC(c1ccccc1)c1ccccc1. The molecule has 0 heterocycles. The number of aryl methyl sites for hydroxylation is 1. The first-order valence-electron chi connectivity index (χ1n) is 8.20. The van der Waals surface area contributed by atoms with Gasteiger partial charge in [0.1, 0.15) is 5.75 Å². The van der Waals surface area contributed by atoms with Gasteiger partial charge in [-0.15, -0.1) is 0 Å². The van der Waals surface area contributed by atoms with Crippen LogP contribution in [-0.2, 0) is 4.79 Å². The van der Waals surface area contributed by atoms with Crippen molar-refractivity contribution in [1.82, 2.24) is 0 Å². The lowest BCUT2D eigenvalue weighted by Crippen LogP contribution is -2.14. The van der Waals surface area contributed by atoms with E-state index in [1.165, 1.54) is 0 Å². The first-order chi connectivity index (χ1) is 12.1. The Hall–Kier alpha value is -2.58. The normalized spacial score (nSPS) is 10.7. The lowest BCUT2D eigenvalue weighted by atomic mass is 9.88. The molecule has 0 fully saturated rings. The van der Waals surface area contributed by atoms with E-state index < -0.39 is 0 Å². The fourth-order valence-electron chi connectivity index (χ4n) is 2.86. The summed E-state index contributed by atoms with van der Waals surface area (Å²) in [5.74, 6) is 0.250. The van der Waals surface area contributed by atoms with Crippen LogP contribution >= 0.6 is 11.6 Å². The Balaban J connectivity index is 1.82. The van der Waals surface area contributed by atoms with Crippen molar-refractivity contribution in [2.45, 2.75) is 19.3 Å². The van der Waals surface area contributed by atoms with Crippen LogP contribution in [0.4, 0.5) is 0 Å². The number of carbonyl (C=O) groups is 1. The molecule has 0 aliphatic rings. The number of hydrogen-bond acceptors (Lipinski definition) is 2. The van der Waals surface area contributed by atoms with Crippen molar-refractivity contribution >= 4 is 17.6 Å². The Kier molecular flexibility index (Phi) is 5.52. The molecule has 25 heavy (non-hydrogen) atoms. The highest BCUT2D eigenvalue weighted by Crippen LogP contribution is 2.29. The first kappa shape index (κ1) is 17.2. The fourth-order valence-corrected chi connectivity index (χ4v) is 3.08. The zero-order chi connectivity index (χ0) is 17.6. The van der Waals surface area contributed by atoms with Crippen LogP contribution in [0.25, 0.3) is 0 Å². The van der Waals surface area contributed by atoms with Crippen molar-refractivity contribution in [2.24, 2.45) is 0 Å². The van der Waals surface area contributed by atoms with Crippen molar-refractivity contribution in [3.63, 3.8) is 0 Å². The lowest BCUT2D eigenvalue weighted by Gasteiger charge is -2.17. The minimum atomic E-state index is -0.261. The molecule has 0 radical (unpaired) electrons. The van der Waals surface area contributed by atoms with Gasteiger partial charge in [-0.05, 0) is 41.8 Å². The molecule has 3 heteroatoms. The van der Waals surface area contributed by atoms with Crippen molar-refractivity contribution in [3.8, 4) is 5.75 Å². The molecule has 0 N–H and O–H groups in total. The molecule has 0 amide bonds. The summed E-state index contributed by atoms with van der Waals surface area (Å²) >= 11 is 5.96. The summed E-state index contributed by atoms with van der Waals surface area (Å²) in [5, 5.41) is 0.628. The standard InChI is InChI=1S/C22H19ClO2/c1-16-14-19(23)12-13-21(16)25-22(24)15-20(17-8-4-2-5-9-17)18-10-6-3-7-11-18/h2-14,20H,15H2,1H3. The van der Waals surface area contributed by atoms with Crippen LogP contribution in [0.15, 0.2) is 78.9 Å². The van der Waals surface area contributed by atoms with Gasteiger partial charge in [-0.1, -0.05) is 72.3 Å². The second-order valence-corrected chi connectivity index (χ2v) is 6.40. The van der Waals surface area contributed by atoms with E-state index in [1.807, 2.05) is 67.6 Å². The first-order valence-corrected chi connectivity index (χ1v) is 8.58. The van der Waals surface area contributed by atoms with E-state index >= 15 is 0 Å².